The molecule has 1 aliphatic heterocycles. The highest BCUT2D eigenvalue weighted by molar-refractivity contribution is 5.71. The van der Waals surface area contributed by atoms with Crippen LogP contribution in [0.4, 0.5) is 0 Å². The number of hydrogen-bond acceptors (Lipinski definition) is 2. The van der Waals surface area contributed by atoms with Gasteiger partial charge < -0.3 is 10.4 Å². The summed E-state index contributed by atoms with van der Waals surface area (Å²) in [7, 11) is 0. The molecule has 3 fully saturated rings. The van der Waals surface area contributed by atoms with Crippen LogP contribution >= 0.6 is 0 Å². The van der Waals surface area contributed by atoms with Gasteiger partial charge in [0.15, 0.2) is 0 Å². The van der Waals surface area contributed by atoms with Crippen molar-refractivity contribution in [2.45, 2.75) is 25.7 Å². The number of aliphatic carboxylic acids is 1. The topological polar surface area (TPSA) is 49.3 Å². The maximum Gasteiger partial charge on any atom is 0.308 e. The Balaban J connectivity index is 1.70. The fraction of sp³-hybridized carbons (Fsp3) is 0.917. The van der Waals surface area contributed by atoms with Crippen LogP contribution in [-0.4, -0.2) is 24.2 Å². The van der Waals surface area contributed by atoms with Crippen molar-refractivity contribution in [3.63, 3.8) is 0 Å². The van der Waals surface area contributed by atoms with E-state index in [0.717, 1.165) is 24.3 Å². The summed E-state index contributed by atoms with van der Waals surface area (Å²) in [5.41, 5.74) is 0. The van der Waals surface area contributed by atoms with Crippen LogP contribution in [-0.2, 0) is 4.79 Å². The summed E-state index contributed by atoms with van der Waals surface area (Å²) in [4.78, 5) is 11.1. The molecule has 3 heteroatoms. The van der Waals surface area contributed by atoms with Crippen LogP contribution < -0.4 is 5.32 Å². The van der Waals surface area contributed by atoms with Gasteiger partial charge in [0.05, 0.1) is 5.92 Å². The van der Waals surface area contributed by atoms with E-state index >= 15 is 0 Å². The molecule has 0 radical (unpaired) electrons. The molecule has 4 atom stereocenters. The number of fused-ring (bicyclic) bond motifs is 1. The molecule has 84 valence electrons. The van der Waals surface area contributed by atoms with E-state index in [-0.39, 0.29) is 5.92 Å². The van der Waals surface area contributed by atoms with Crippen LogP contribution in [0.15, 0.2) is 0 Å². The lowest BCUT2D eigenvalue weighted by Crippen LogP contribution is -2.24. The van der Waals surface area contributed by atoms with E-state index in [1.165, 1.54) is 25.7 Å². The highest BCUT2D eigenvalue weighted by atomic mass is 16.4. The molecule has 0 aromatic rings. The lowest BCUT2D eigenvalue weighted by molar-refractivity contribution is -0.142. The van der Waals surface area contributed by atoms with Crippen molar-refractivity contribution in [3.05, 3.63) is 0 Å². The lowest BCUT2D eigenvalue weighted by Gasteiger charge is -2.14. The van der Waals surface area contributed by atoms with Gasteiger partial charge in [0.25, 0.3) is 0 Å². The SMILES string of the molecule is O=C(O)C1CNCC1C1C2CCCCC21. The van der Waals surface area contributed by atoms with E-state index in [0.29, 0.717) is 12.5 Å². The Morgan fingerprint density at radius 1 is 1.07 bits per heavy atom. The Kier molecular flexibility index (Phi) is 2.23. The number of hydrogen-bond donors (Lipinski definition) is 2. The van der Waals surface area contributed by atoms with Gasteiger partial charge >= 0.3 is 5.97 Å². The van der Waals surface area contributed by atoms with Crippen molar-refractivity contribution in [1.29, 1.82) is 0 Å². The van der Waals surface area contributed by atoms with Gasteiger partial charge in [-0.2, -0.15) is 0 Å². The van der Waals surface area contributed by atoms with Gasteiger partial charge in [-0.05, 0) is 43.1 Å². The molecule has 2 aliphatic carbocycles. The molecule has 3 nitrogen and oxygen atoms in total. The molecule has 1 heterocycles. The molecule has 1 saturated heterocycles. The highest BCUT2D eigenvalue weighted by Crippen LogP contribution is 2.60. The molecule has 0 spiro atoms. The minimum absolute atomic E-state index is 0.111. The predicted molar refractivity (Wildman–Crippen MR) is 56.4 cm³/mol. The van der Waals surface area contributed by atoms with Crippen molar-refractivity contribution in [1.82, 2.24) is 5.32 Å². The van der Waals surface area contributed by atoms with Gasteiger partial charge in [-0.15, -0.1) is 0 Å². The molecule has 3 rings (SSSR count). The van der Waals surface area contributed by atoms with Crippen LogP contribution in [0.2, 0.25) is 0 Å². The van der Waals surface area contributed by atoms with Crippen LogP contribution in [0.3, 0.4) is 0 Å². The Labute approximate surface area is 90.2 Å². The molecule has 2 saturated carbocycles. The minimum Gasteiger partial charge on any atom is -0.481 e. The van der Waals surface area contributed by atoms with Gasteiger partial charge in [0, 0.05) is 6.54 Å². The Morgan fingerprint density at radius 3 is 2.33 bits per heavy atom. The van der Waals surface area contributed by atoms with Crippen molar-refractivity contribution in [2.24, 2.45) is 29.6 Å². The molecule has 2 N–H and O–H groups in total. The van der Waals surface area contributed by atoms with E-state index in [1.54, 1.807) is 0 Å². The van der Waals surface area contributed by atoms with Crippen LogP contribution in [0.25, 0.3) is 0 Å². The zero-order valence-corrected chi connectivity index (χ0v) is 8.98. The van der Waals surface area contributed by atoms with Crippen molar-refractivity contribution < 1.29 is 9.90 Å². The largest absolute Gasteiger partial charge is 0.481 e. The zero-order chi connectivity index (χ0) is 10.4. The number of carbonyl (C=O) groups is 1. The van der Waals surface area contributed by atoms with Gasteiger partial charge in [-0.25, -0.2) is 0 Å². The maximum absolute atomic E-state index is 11.1. The van der Waals surface area contributed by atoms with Crippen LogP contribution in [0.5, 0.6) is 0 Å². The molecule has 0 aromatic carbocycles. The number of carboxylic acids is 1. The summed E-state index contributed by atoms with van der Waals surface area (Å²) >= 11 is 0. The molecule has 3 aliphatic rings. The maximum atomic E-state index is 11.1. The second-order valence-corrected chi connectivity index (χ2v) is 5.46. The second kappa shape index (κ2) is 3.48. The van der Waals surface area contributed by atoms with Gasteiger partial charge in [0.1, 0.15) is 0 Å². The molecule has 0 aromatic heterocycles. The summed E-state index contributed by atoms with van der Waals surface area (Å²) in [6.45, 7) is 1.63. The van der Waals surface area contributed by atoms with E-state index in [1.807, 2.05) is 0 Å². The Morgan fingerprint density at radius 2 is 1.73 bits per heavy atom. The third-order valence-electron chi connectivity index (χ3n) is 4.80. The average molecular weight is 209 g/mol. The summed E-state index contributed by atoms with van der Waals surface area (Å²) < 4.78 is 0. The first-order valence-corrected chi connectivity index (χ1v) is 6.22. The molecular weight excluding hydrogens is 190 g/mol. The van der Waals surface area contributed by atoms with Gasteiger partial charge in [-0.1, -0.05) is 12.8 Å². The summed E-state index contributed by atoms with van der Waals surface area (Å²) in [6, 6.07) is 0. The molecule has 4 unspecified atom stereocenters. The summed E-state index contributed by atoms with van der Waals surface area (Å²) in [6.07, 6.45) is 5.46. The van der Waals surface area contributed by atoms with Gasteiger partial charge in [0.2, 0.25) is 0 Å². The summed E-state index contributed by atoms with van der Waals surface area (Å²) in [5, 5.41) is 12.4. The standard InChI is InChI=1S/C12H19NO2/c14-12(15)10-6-13-5-9(10)11-7-3-1-2-4-8(7)11/h7-11,13H,1-6H2,(H,14,15). The second-order valence-electron chi connectivity index (χ2n) is 5.46. The molecule has 0 bridgehead atoms. The Hall–Kier alpha value is -0.570. The van der Waals surface area contributed by atoms with E-state index < -0.39 is 5.97 Å². The third kappa shape index (κ3) is 1.48. The first-order chi connectivity index (χ1) is 7.29. The number of nitrogens with one attached hydrogen (secondary N) is 1. The van der Waals surface area contributed by atoms with Crippen molar-refractivity contribution in [2.75, 3.05) is 13.1 Å². The van der Waals surface area contributed by atoms with E-state index in [2.05, 4.69) is 5.32 Å². The number of carboxylic acid groups (broad SMARTS) is 1. The Bertz CT molecular complexity index is 267. The molecule has 15 heavy (non-hydrogen) atoms. The first-order valence-electron chi connectivity index (χ1n) is 6.22. The third-order valence-corrected chi connectivity index (χ3v) is 4.80. The quantitative estimate of drug-likeness (QED) is 0.721. The molecular formula is C12H19NO2. The van der Waals surface area contributed by atoms with Crippen LogP contribution in [0.1, 0.15) is 25.7 Å². The highest BCUT2D eigenvalue weighted by Gasteiger charge is 2.57. The summed E-state index contributed by atoms with van der Waals surface area (Å²) in [5.74, 6) is 2.23. The van der Waals surface area contributed by atoms with E-state index in [9.17, 15) is 4.79 Å². The predicted octanol–water partition coefficient (Wildman–Crippen LogP) is 1.34. The normalized spacial score (nSPS) is 48.7. The zero-order valence-electron chi connectivity index (χ0n) is 8.98. The monoisotopic (exact) mass is 209 g/mol. The smallest absolute Gasteiger partial charge is 0.308 e. The van der Waals surface area contributed by atoms with Crippen molar-refractivity contribution >= 4 is 5.97 Å². The molecule has 0 amide bonds. The van der Waals surface area contributed by atoms with E-state index in [4.69, 9.17) is 5.11 Å². The first kappa shape index (κ1) is 9.64. The number of rotatable bonds is 2. The minimum atomic E-state index is -0.589. The fourth-order valence-corrected chi connectivity index (χ4v) is 4.06. The average Bonchev–Trinajstić information content (AvgIpc) is 2.74. The lowest BCUT2D eigenvalue weighted by atomic mass is 9.89. The van der Waals surface area contributed by atoms with Crippen molar-refractivity contribution in [3.8, 4) is 0 Å². The van der Waals surface area contributed by atoms with Gasteiger partial charge in [-0.3, -0.25) is 4.79 Å². The fourth-order valence-electron chi connectivity index (χ4n) is 4.06. The van der Waals surface area contributed by atoms with Crippen LogP contribution in [0, 0.1) is 29.6 Å².